The molecule has 0 bridgehead atoms. The van der Waals surface area contributed by atoms with Crippen LogP contribution in [-0.4, -0.2) is 0 Å². The average molecular weight is 308 g/mol. The number of hydrogen-bond acceptors (Lipinski definition) is 0. The first-order chi connectivity index (χ1) is 4.89. The molecule has 0 nitrogen and oxygen atoms in total. The molecule has 0 atom stereocenters. The second kappa shape index (κ2) is 3.05. The van der Waals surface area contributed by atoms with Crippen LogP contribution >= 0.6 is 0 Å². The topological polar surface area (TPSA) is 0 Å². The third-order valence-corrected chi connectivity index (χ3v) is 4.54. The predicted octanol–water partition coefficient (Wildman–Crippen LogP) is 3.19. The van der Waals surface area contributed by atoms with E-state index in [1.165, 1.54) is 17.1 Å². The van der Waals surface area contributed by atoms with Gasteiger partial charge in [-0.15, -0.1) is 0 Å². The summed E-state index contributed by atoms with van der Waals surface area (Å²) in [7, 11) is 0. The Morgan fingerprint density at radius 1 is 1.00 bits per heavy atom. The van der Waals surface area contributed by atoms with Crippen LogP contribution in [0, 0.1) is 50.1 Å². The summed E-state index contributed by atoms with van der Waals surface area (Å²) in [6.45, 7) is 11.2. The quantitative estimate of drug-likeness (QED) is 0.645. The van der Waals surface area contributed by atoms with E-state index >= 15 is 0 Å². The summed E-state index contributed by atoms with van der Waals surface area (Å²) < 4.78 is 1.40. The van der Waals surface area contributed by atoms with Gasteiger partial charge in [0.15, 0.2) is 0 Å². The molecule has 0 aromatic rings. The van der Waals surface area contributed by atoms with Gasteiger partial charge in [0.1, 0.15) is 0 Å². The van der Waals surface area contributed by atoms with E-state index in [1.807, 2.05) is 0 Å². The van der Waals surface area contributed by atoms with Gasteiger partial charge in [-0.2, -0.15) is 0 Å². The summed E-state index contributed by atoms with van der Waals surface area (Å²) in [5, 5.41) is 0. The molecular formula is C10H15Yb. The van der Waals surface area contributed by atoms with Gasteiger partial charge < -0.3 is 0 Å². The Labute approximate surface area is 100 Å². The van der Waals surface area contributed by atoms with Crippen LogP contribution in [0.4, 0.5) is 0 Å². The molecule has 1 aliphatic carbocycles. The minimum absolute atomic E-state index is 0.252. The van der Waals surface area contributed by atoms with Gasteiger partial charge in [0.2, 0.25) is 0 Å². The van der Waals surface area contributed by atoms with Crippen molar-refractivity contribution < 1.29 is 44.6 Å². The normalized spacial score (nSPS) is 23.5. The predicted molar refractivity (Wildman–Crippen MR) is 44.9 cm³/mol. The molecular weight excluding hydrogens is 293 g/mol. The first-order valence-electron chi connectivity index (χ1n) is 3.88. The number of rotatable bonds is 0. The van der Waals surface area contributed by atoms with Crippen molar-refractivity contribution in [3.05, 3.63) is 17.1 Å². The molecule has 0 unspecified atom stereocenters. The third kappa shape index (κ3) is 1.43. The van der Waals surface area contributed by atoms with Crippen molar-refractivity contribution in [2.45, 2.75) is 34.6 Å². The molecule has 0 aromatic heterocycles. The summed E-state index contributed by atoms with van der Waals surface area (Å²) in [6, 6.07) is 0. The van der Waals surface area contributed by atoms with Crippen molar-refractivity contribution in [1.82, 2.24) is 0 Å². The molecule has 1 heteroatoms. The Kier molecular flexibility index (Phi) is 2.79. The summed E-state index contributed by atoms with van der Waals surface area (Å²) in [4.78, 5) is 0. The zero-order valence-corrected chi connectivity index (χ0v) is 9.48. The third-order valence-electron chi connectivity index (χ3n) is 2.83. The van der Waals surface area contributed by atoms with Crippen LogP contribution in [0.5, 0.6) is 0 Å². The van der Waals surface area contributed by atoms with Crippen molar-refractivity contribution in [3.63, 3.8) is 0 Å². The fraction of sp³-hybridized carbons (Fsp3) is 0.600. The standard InChI is InChI=1S/C10H15.Yb/c1-7-6-10(4,5)9(3)8(7)2;/h1-5H3;. The van der Waals surface area contributed by atoms with Gasteiger partial charge in [-0.25, -0.2) is 0 Å². The molecule has 69 valence electrons. The summed E-state index contributed by atoms with van der Waals surface area (Å²) in [6.07, 6.45) is 0. The summed E-state index contributed by atoms with van der Waals surface area (Å²) in [5.74, 6) is 0. The maximum absolute atomic E-state index is 3.28. The van der Waals surface area contributed by atoms with E-state index in [2.05, 4.69) is 79.3 Å². The van der Waals surface area contributed by atoms with Crippen LogP contribution in [0.15, 0.2) is 17.1 Å². The van der Waals surface area contributed by atoms with E-state index in [0.717, 1.165) is 0 Å². The van der Waals surface area contributed by atoms with Gasteiger partial charge in [-0.3, -0.25) is 0 Å². The first-order valence-corrected chi connectivity index (χ1v) is 4.74. The van der Waals surface area contributed by atoms with E-state index in [-0.39, 0.29) is 5.41 Å². The molecule has 0 saturated heterocycles. The first kappa shape index (κ1) is 10.1. The Balaban J connectivity index is 3.27. The van der Waals surface area contributed by atoms with E-state index in [0.29, 0.717) is 0 Å². The molecule has 0 aliphatic heterocycles. The second-order valence-electron chi connectivity index (χ2n) is 3.76. The Bertz CT molecular complexity index is 228. The number of hydrogen-bond donors (Lipinski definition) is 0. The molecule has 0 saturated carbocycles. The minimum atomic E-state index is 0.252. The Morgan fingerprint density at radius 2 is 1.45 bits per heavy atom. The molecule has 0 spiro atoms. The Morgan fingerprint density at radius 3 is 1.55 bits per heavy atom. The van der Waals surface area contributed by atoms with Crippen molar-refractivity contribution in [3.8, 4) is 0 Å². The molecule has 0 aromatic carbocycles. The van der Waals surface area contributed by atoms with Gasteiger partial charge in [-0.1, -0.05) is 0 Å². The second-order valence-corrected chi connectivity index (χ2v) is 4.62. The molecule has 0 amide bonds. The summed E-state index contributed by atoms with van der Waals surface area (Å²) >= 11 is 3.28. The fourth-order valence-corrected chi connectivity index (χ4v) is 2.15. The molecule has 0 fully saturated rings. The van der Waals surface area contributed by atoms with Crippen LogP contribution in [0.1, 0.15) is 34.6 Å². The maximum atomic E-state index is 3.28. The van der Waals surface area contributed by atoms with E-state index < -0.39 is 0 Å². The van der Waals surface area contributed by atoms with E-state index in [4.69, 9.17) is 0 Å². The summed E-state index contributed by atoms with van der Waals surface area (Å²) in [5.41, 5.74) is 4.64. The van der Waals surface area contributed by atoms with Crippen LogP contribution in [0.3, 0.4) is 0 Å². The Hall–Kier alpha value is 0.999. The van der Waals surface area contributed by atoms with Gasteiger partial charge in [0, 0.05) is 0 Å². The van der Waals surface area contributed by atoms with Crippen molar-refractivity contribution in [1.29, 1.82) is 0 Å². The van der Waals surface area contributed by atoms with Crippen LogP contribution in [0.25, 0.3) is 0 Å². The molecule has 0 heterocycles. The van der Waals surface area contributed by atoms with Gasteiger partial charge in [0.25, 0.3) is 0 Å². The molecule has 1 rings (SSSR count). The van der Waals surface area contributed by atoms with Crippen molar-refractivity contribution >= 4 is 0 Å². The van der Waals surface area contributed by atoms with Crippen molar-refractivity contribution in [2.75, 3.05) is 0 Å². The van der Waals surface area contributed by atoms with Crippen LogP contribution in [0.2, 0.25) is 0 Å². The zero-order valence-electron chi connectivity index (χ0n) is 7.77. The number of allylic oxidation sites excluding steroid dienone is 4. The SMILES string of the molecule is CC1=C(C)C(C)(C)[C]([Yb])=C1C. The zero-order chi connectivity index (χ0) is 8.81. The average Bonchev–Trinajstić information content (AvgIpc) is 2.06. The van der Waals surface area contributed by atoms with Gasteiger partial charge in [0.05, 0.1) is 0 Å². The van der Waals surface area contributed by atoms with Crippen LogP contribution < -0.4 is 0 Å². The molecule has 0 N–H and O–H groups in total. The fourth-order valence-electron chi connectivity index (χ4n) is 1.51. The molecule has 0 radical (unpaired) electrons. The van der Waals surface area contributed by atoms with E-state index in [9.17, 15) is 0 Å². The monoisotopic (exact) mass is 309 g/mol. The van der Waals surface area contributed by atoms with Crippen LogP contribution in [-0.2, 0) is 0 Å². The molecule has 11 heavy (non-hydrogen) atoms. The van der Waals surface area contributed by atoms with E-state index in [1.54, 1.807) is 0 Å². The molecule has 1 aliphatic rings. The van der Waals surface area contributed by atoms with Gasteiger partial charge >= 0.3 is 102 Å². The van der Waals surface area contributed by atoms with Crippen molar-refractivity contribution in [2.24, 2.45) is 5.41 Å². The van der Waals surface area contributed by atoms with Gasteiger partial charge in [-0.05, 0) is 0 Å².